The standard InChI is InChI=1S/C14H16N6O/c1-18-4-6-19(7-5-18)13-14-17-16-10-20(14)11(9-15-13)12-3-2-8-21-12/h2-3,8-10H,4-7H2,1H3. The van der Waals surface area contributed by atoms with E-state index in [2.05, 4.69) is 32.0 Å². The lowest BCUT2D eigenvalue weighted by Crippen LogP contribution is -2.45. The molecule has 0 N–H and O–H groups in total. The molecule has 0 bridgehead atoms. The maximum atomic E-state index is 5.46. The summed E-state index contributed by atoms with van der Waals surface area (Å²) >= 11 is 0. The lowest BCUT2D eigenvalue weighted by molar-refractivity contribution is 0.312. The molecule has 4 heterocycles. The topological polar surface area (TPSA) is 62.7 Å². The SMILES string of the molecule is CN1CCN(c2ncc(-c3ccco3)n3cnnc23)CC1. The van der Waals surface area contributed by atoms with E-state index in [1.165, 1.54) is 0 Å². The second-order valence-electron chi connectivity index (χ2n) is 5.26. The van der Waals surface area contributed by atoms with Crippen LogP contribution in [0.4, 0.5) is 5.82 Å². The molecule has 0 aliphatic carbocycles. The summed E-state index contributed by atoms with van der Waals surface area (Å²) in [6, 6.07) is 3.77. The van der Waals surface area contributed by atoms with Crippen LogP contribution in [-0.4, -0.2) is 57.7 Å². The summed E-state index contributed by atoms with van der Waals surface area (Å²) in [6.07, 6.45) is 5.18. The Hall–Kier alpha value is -2.41. The molecule has 0 radical (unpaired) electrons. The minimum atomic E-state index is 0.761. The van der Waals surface area contributed by atoms with Gasteiger partial charge in [-0.2, -0.15) is 0 Å². The van der Waals surface area contributed by atoms with Crippen molar-refractivity contribution in [2.24, 2.45) is 0 Å². The lowest BCUT2D eigenvalue weighted by atomic mass is 10.3. The Balaban J connectivity index is 1.78. The van der Waals surface area contributed by atoms with E-state index in [9.17, 15) is 0 Å². The minimum absolute atomic E-state index is 0.761. The summed E-state index contributed by atoms with van der Waals surface area (Å²) in [7, 11) is 2.14. The lowest BCUT2D eigenvalue weighted by Gasteiger charge is -2.33. The normalized spacial score (nSPS) is 16.7. The Morgan fingerprint density at radius 3 is 2.81 bits per heavy atom. The number of nitrogens with zero attached hydrogens (tertiary/aromatic N) is 6. The number of anilines is 1. The first kappa shape index (κ1) is 12.3. The molecular weight excluding hydrogens is 268 g/mol. The molecule has 1 saturated heterocycles. The van der Waals surface area contributed by atoms with Gasteiger partial charge in [0.1, 0.15) is 12.0 Å². The monoisotopic (exact) mass is 284 g/mol. The van der Waals surface area contributed by atoms with Crippen LogP contribution in [-0.2, 0) is 0 Å². The van der Waals surface area contributed by atoms with Gasteiger partial charge in [-0.15, -0.1) is 10.2 Å². The van der Waals surface area contributed by atoms with E-state index in [4.69, 9.17) is 4.42 Å². The maximum absolute atomic E-state index is 5.46. The van der Waals surface area contributed by atoms with Gasteiger partial charge in [0.2, 0.25) is 5.65 Å². The Morgan fingerprint density at radius 1 is 1.19 bits per heavy atom. The smallest absolute Gasteiger partial charge is 0.204 e. The quantitative estimate of drug-likeness (QED) is 0.703. The molecular formula is C14H16N6O. The van der Waals surface area contributed by atoms with Gasteiger partial charge in [-0.25, -0.2) is 4.98 Å². The van der Waals surface area contributed by atoms with Crippen LogP contribution in [0.1, 0.15) is 0 Å². The highest BCUT2D eigenvalue weighted by Gasteiger charge is 2.20. The van der Waals surface area contributed by atoms with Crippen LogP contribution in [0.5, 0.6) is 0 Å². The van der Waals surface area contributed by atoms with E-state index in [1.807, 2.05) is 22.7 Å². The zero-order valence-electron chi connectivity index (χ0n) is 11.8. The van der Waals surface area contributed by atoms with Crippen molar-refractivity contribution in [1.82, 2.24) is 24.5 Å². The van der Waals surface area contributed by atoms with E-state index in [-0.39, 0.29) is 0 Å². The number of piperazine rings is 1. The third-order valence-electron chi connectivity index (χ3n) is 3.89. The molecule has 3 aromatic rings. The minimum Gasteiger partial charge on any atom is -0.463 e. The summed E-state index contributed by atoms with van der Waals surface area (Å²) in [6.45, 7) is 3.96. The summed E-state index contributed by atoms with van der Waals surface area (Å²) in [4.78, 5) is 9.18. The predicted molar refractivity (Wildman–Crippen MR) is 78.2 cm³/mol. The number of likely N-dealkylation sites (N-methyl/N-ethyl adjacent to an activating group) is 1. The van der Waals surface area contributed by atoms with Gasteiger partial charge in [-0.3, -0.25) is 4.40 Å². The average molecular weight is 284 g/mol. The molecule has 0 amide bonds. The number of fused-ring (bicyclic) bond motifs is 1. The number of furan rings is 1. The van der Waals surface area contributed by atoms with Crippen LogP contribution in [0.15, 0.2) is 35.3 Å². The van der Waals surface area contributed by atoms with Crippen molar-refractivity contribution >= 4 is 11.5 Å². The molecule has 0 unspecified atom stereocenters. The second-order valence-corrected chi connectivity index (χ2v) is 5.26. The van der Waals surface area contributed by atoms with Crippen LogP contribution in [0.3, 0.4) is 0 Å². The second kappa shape index (κ2) is 4.85. The van der Waals surface area contributed by atoms with Crippen molar-refractivity contribution in [2.75, 3.05) is 38.1 Å². The first-order valence-corrected chi connectivity index (χ1v) is 6.99. The largest absolute Gasteiger partial charge is 0.463 e. The van der Waals surface area contributed by atoms with Crippen LogP contribution < -0.4 is 4.90 Å². The molecule has 7 heteroatoms. The molecule has 0 aromatic carbocycles. The Kier molecular flexibility index (Phi) is 2.85. The molecule has 0 atom stereocenters. The van der Waals surface area contributed by atoms with Crippen molar-refractivity contribution in [3.8, 4) is 11.5 Å². The fourth-order valence-electron chi connectivity index (χ4n) is 2.65. The Bertz CT molecular complexity index is 742. The summed E-state index contributed by atoms with van der Waals surface area (Å²) in [5.74, 6) is 1.65. The van der Waals surface area contributed by atoms with Crippen LogP contribution >= 0.6 is 0 Å². The van der Waals surface area contributed by atoms with Gasteiger partial charge in [-0.1, -0.05) is 0 Å². The number of rotatable bonds is 2. The van der Waals surface area contributed by atoms with E-state index < -0.39 is 0 Å². The predicted octanol–water partition coefficient (Wildman–Crippen LogP) is 1.14. The summed E-state index contributed by atoms with van der Waals surface area (Å²) < 4.78 is 7.39. The molecule has 0 spiro atoms. The summed E-state index contributed by atoms with van der Waals surface area (Å²) in [5, 5.41) is 8.27. The molecule has 21 heavy (non-hydrogen) atoms. The fourth-order valence-corrected chi connectivity index (χ4v) is 2.65. The zero-order valence-corrected chi connectivity index (χ0v) is 11.8. The maximum Gasteiger partial charge on any atom is 0.204 e. The van der Waals surface area contributed by atoms with E-state index >= 15 is 0 Å². The van der Waals surface area contributed by atoms with Crippen molar-refractivity contribution in [1.29, 1.82) is 0 Å². The van der Waals surface area contributed by atoms with E-state index in [0.717, 1.165) is 49.1 Å². The van der Waals surface area contributed by atoms with Crippen LogP contribution in [0.25, 0.3) is 17.1 Å². The van der Waals surface area contributed by atoms with Gasteiger partial charge in [-0.05, 0) is 19.2 Å². The van der Waals surface area contributed by atoms with Crippen molar-refractivity contribution in [3.05, 3.63) is 30.9 Å². The molecule has 3 aromatic heterocycles. The molecule has 108 valence electrons. The number of hydrogen-bond donors (Lipinski definition) is 0. The molecule has 1 aliphatic rings. The number of hydrogen-bond acceptors (Lipinski definition) is 6. The molecule has 1 aliphatic heterocycles. The highest BCUT2D eigenvalue weighted by Crippen LogP contribution is 2.25. The van der Waals surface area contributed by atoms with E-state index in [1.54, 1.807) is 12.6 Å². The van der Waals surface area contributed by atoms with Crippen LogP contribution in [0, 0.1) is 0 Å². The highest BCUT2D eigenvalue weighted by atomic mass is 16.3. The third kappa shape index (κ3) is 2.06. The fraction of sp³-hybridized carbons (Fsp3) is 0.357. The van der Waals surface area contributed by atoms with Gasteiger partial charge in [0.25, 0.3) is 0 Å². The van der Waals surface area contributed by atoms with Gasteiger partial charge in [0.05, 0.1) is 12.5 Å². The molecule has 4 rings (SSSR count). The average Bonchev–Trinajstić information content (AvgIpc) is 3.19. The van der Waals surface area contributed by atoms with Crippen molar-refractivity contribution in [3.63, 3.8) is 0 Å². The molecule has 7 nitrogen and oxygen atoms in total. The first-order valence-electron chi connectivity index (χ1n) is 6.99. The van der Waals surface area contributed by atoms with E-state index in [0.29, 0.717) is 0 Å². The highest BCUT2D eigenvalue weighted by molar-refractivity contribution is 5.68. The molecule has 1 fully saturated rings. The molecule has 0 saturated carbocycles. The third-order valence-corrected chi connectivity index (χ3v) is 3.89. The van der Waals surface area contributed by atoms with Gasteiger partial charge in [0.15, 0.2) is 11.6 Å². The van der Waals surface area contributed by atoms with Gasteiger partial charge < -0.3 is 14.2 Å². The number of aromatic nitrogens is 4. The Morgan fingerprint density at radius 2 is 2.05 bits per heavy atom. The first-order chi connectivity index (χ1) is 10.3. The van der Waals surface area contributed by atoms with Gasteiger partial charge >= 0.3 is 0 Å². The van der Waals surface area contributed by atoms with Crippen molar-refractivity contribution < 1.29 is 4.42 Å². The van der Waals surface area contributed by atoms with Crippen molar-refractivity contribution in [2.45, 2.75) is 0 Å². The van der Waals surface area contributed by atoms with Crippen LogP contribution in [0.2, 0.25) is 0 Å². The zero-order chi connectivity index (χ0) is 14.2. The summed E-state index contributed by atoms with van der Waals surface area (Å²) in [5.41, 5.74) is 1.63. The Labute approximate surface area is 121 Å². The van der Waals surface area contributed by atoms with Gasteiger partial charge in [0, 0.05) is 26.2 Å².